The van der Waals surface area contributed by atoms with Crippen LogP contribution in [0.3, 0.4) is 0 Å². The fourth-order valence-corrected chi connectivity index (χ4v) is 2.03. The smallest absolute Gasteiger partial charge is 0.243 e. The lowest BCUT2D eigenvalue weighted by Gasteiger charge is -2.16. The Labute approximate surface area is 107 Å². The molecule has 2 amide bonds. The first-order valence-corrected chi connectivity index (χ1v) is 6.50. The quantitative estimate of drug-likeness (QED) is 0.587. The van der Waals surface area contributed by atoms with E-state index in [1.807, 2.05) is 0 Å². The van der Waals surface area contributed by atoms with E-state index in [2.05, 4.69) is 23.3 Å². The molecular weight excluding hydrogens is 240 g/mol. The first-order chi connectivity index (χ1) is 8.13. The molecule has 2 unspecified atom stereocenters. The van der Waals surface area contributed by atoms with Gasteiger partial charge in [-0.15, -0.1) is 0 Å². The molecule has 17 heavy (non-hydrogen) atoms. The summed E-state index contributed by atoms with van der Waals surface area (Å²) in [5.74, 6) is 0.459. The van der Waals surface area contributed by atoms with Crippen molar-refractivity contribution >= 4 is 24.4 Å². The van der Waals surface area contributed by atoms with Gasteiger partial charge in [-0.2, -0.15) is 12.6 Å². The molecule has 0 saturated carbocycles. The van der Waals surface area contributed by atoms with Crippen LogP contribution in [0, 0.1) is 5.92 Å². The fraction of sp³-hybridized carbons (Fsp3) is 0.818. The summed E-state index contributed by atoms with van der Waals surface area (Å²) in [6, 6.07) is -0.546. The van der Waals surface area contributed by atoms with Gasteiger partial charge in [-0.25, -0.2) is 0 Å². The number of carbonyl (C=O) groups excluding carboxylic acids is 2. The Morgan fingerprint density at radius 3 is 2.82 bits per heavy atom. The van der Waals surface area contributed by atoms with Crippen LogP contribution in [-0.2, 0) is 14.3 Å². The number of hydrogen-bond donors (Lipinski definition) is 3. The number of amides is 2. The molecule has 0 aliphatic carbocycles. The van der Waals surface area contributed by atoms with Crippen molar-refractivity contribution in [2.45, 2.75) is 25.8 Å². The molecule has 6 heteroatoms. The number of hydrogen-bond acceptors (Lipinski definition) is 4. The van der Waals surface area contributed by atoms with Crippen molar-refractivity contribution in [2.24, 2.45) is 5.92 Å². The number of thiol groups is 1. The molecule has 2 atom stereocenters. The van der Waals surface area contributed by atoms with Crippen LogP contribution >= 0.6 is 12.6 Å². The van der Waals surface area contributed by atoms with Crippen LogP contribution < -0.4 is 10.6 Å². The molecule has 0 bridgehead atoms. The van der Waals surface area contributed by atoms with Crippen molar-refractivity contribution in [2.75, 3.05) is 25.5 Å². The second-order valence-corrected chi connectivity index (χ2v) is 4.61. The summed E-state index contributed by atoms with van der Waals surface area (Å²) in [6.45, 7) is 3.62. The molecule has 1 aliphatic heterocycles. The highest BCUT2D eigenvalue weighted by Crippen LogP contribution is 2.15. The van der Waals surface area contributed by atoms with E-state index < -0.39 is 6.04 Å². The van der Waals surface area contributed by atoms with Gasteiger partial charge in [-0.3, -0.25) is 9.59 Å². The van der Waals surface area contributed by atoms with E-state index in [4.69, 9.17) is 4.74 Å². The molecule has 5 nitrogen and oxygen atoms in total. The summed E-state index contributed by atoms with van der Waals surface area (Å²) in [5, 5.41) is 5.36. The molecule has 0 aromatic heterocycles. The van der Waals surface area contributed by atoms with Gasteiger partial charge in [0.2, 0.25) is 11.8 Å². The molecule has 98 valence electrons. The van der Waals surface area contributed by atoms with Crippen LogP contribution in [0.25, 0.3) is 0 Å². The molecule has 0 spiro atoms. The van der Waals surface area contributed by atoms with Gasteiger partial charge in [-0.05, 0) is 18.8 Å². The maximum absolute atomic E-state index is 11.7. The van der Waals surface area contributed by atoms with Crippen molar-refractivity contribution in [3.63, 3.8) is 0 Å². The Morgan fingerprint density at radius 2 is 2.29 bits per heavy atom. The Hall–Kier alpha value is -0.750. The first-order valence-electron chi connectivity index (χ1n) is 5.87. The Balaban J connectivity index is 2.19. The molecule has 2 N–H and O–H groups in total. The highest BCUT2D eigenvalue weighted by atomic mass is 32.1. The minimum Gasteiger partial charge on any atom is -0.381 e. The van der Waals surface area contributed by atoms with Gasteiger partial charge >= 0.3 is 0 Å². The maximum atomic E-state index is 11.7. The van der Waals surface area contributed by atoms with Crippen molar-refractivity contribution in [1.29, 1.82) is 0 Å². The van der Waals surface area contributed by atoms with Gasteiger partial charge in [-0.1, -0.05) is 0 Å². The van der Waals surface area contributed by atoms with Crippen LogP contribution in [0.5, 0.6) is 0 Å². The third-order valence-corrected chi connectivity index (χ3v) is 3.12. The number of carbonyl (C=O) groups is 2. The fourth-order valence-electron chi connectivity index (χ4n) is 1.77. The van der Waals surface area contributed by atoms with Gasteiger partial charge in [0, 0.05) is 32.4 Å². The van der Waals surface area contributed by atoms with Crippen molar-refractivity contribution in [1.82, 2.24) is 10.6 Å². The summed E-state index contributed by atoms with van der Waals surface area (Å²) >= 11 is 4.04. The normalized spacial score (nSPS) is 20.9. The lowest BCUT2D eigenvalue weighted by molar-refractivity contribution is -0.127. The molecule has 1 saturated heterocycles. The van der Waals surface area contributed by atoms with E-state index >= 15 is 0 Å². The van der Waals surface area contributed by atoms with Crippen LogP contribution in [-0.4, -0.2) is 43.4 Å². The molecule has 0 aromatic carbocycles. The summed E-state index contributed by atoms with van der Waals surface area (Å²) < 4.78 is 5.25. The Kier molecular flexibility index (Phi) is 6.36. The average molecular weight is 260 g/mol. The van der Waals surface area contributed by atoms with Gasteiger partial charge in [0.05, 0.1) is 0 Å². The van der Waals surface area contributed by atoms with Crippen molar-refractivity contribution < 1.29 is 14.3 Å². The van der Waals surface area contributed by atoms with E-state index in [1.54, 1.807) is 0 Å². The maximum Gasteiger partial charge on any atom is 0.243 e. The van der Waals surface area contributed by atoms with Crippen LogP contribution in [0.4, 0.5) is 0 Å². The highest BCUT2D eigenvalue weighted by Gasteiger charge is 2.19. The summed E-state index contributed by atoms with van der Waals surface area (Å²) in [4.78, 5) is 22.5. The van der Waals surface area contributed by atoms with Gasteiger partial charge in [0.15, 0.2) is 0 Å². The monoisotopic (exact) mass is 260 g/mol. The van der Waals surface area contributed by atoms with Crippen molar-refractivity contribution in [3.8, 4) is 0 Å². The van der Waals surface area contributed by atoms with Crippen LogP contribution in [0.1, 0.15) is 19.8 Å². The van der Waals surface area contributed by atoms with E-state index in [1.165, 1.54) is 6.92 Å². The third-order valence-electron chi connectivity index (χ3n) is 2.75. The molecular formula is C11H20N2O3S. The molecule has 1 aliphatic rings. The molecule has 1 rings (SSSR count). The van der Waals surface area contributed by atoms with E-state index in [0.29, 0.717) is 18.2 Å². The predicted molar refractivity (Wildman–Crippen MR) is 68.0 cm³/mol. The minimum atomic E-state index is -0.546. The standard InChI is InChI=1S/C11H20N2O3S/c1-8(14)13-10(7-17)11(15)12-4-2-9-3-5-16-6-9/h9-10,17H,2-7H2,1H3,(H,12,15)(H,13,14). The molecule has 0 aromatic rings. The summed E-state index contributed by atoms with van der Waals surface area (Å²) in [6.07, 6.45) is 1.99. The zero-order chi connectivity index (χ0) is 12.7. The molecule has 1 fully saturated rings. The van der Waals surface area contributed by atoms with Crippen LogP contribution in [0.2, 0.25) is 0 Å². The summed E-state index contributed by atoms with van der Waals surface area (Å²) in [5.41, 5.74) is 0. The SMILES string of the molecule is CC(=O)NC(CS)C(=O)NCCC1CCOC1. The molecule has 0 radical (unpaired) electrons. The minimum absolute atomic E-state index is 0.172. The second-order valence-electron chi connectivity index (χ2n) is 4.25. The van der Waals surface area contributed by atoms with Gasteiger partial charge < -0.3 is 15.4 Å². The van der Waals surface area contributed by atoms with E-state index in [0.717, 1.165) is 26.1 Å². The lowest BCUT2D eigenvalue weighted by atomic mass is 10.1. The first kappa shape index (κ1) is 14.3. The highest BCUT2D eigenvalue weighted by molar-refractivity contribution is 7.80. The van der Waals surface area contributed by atoms with Gasteiger partial charge in [0.25, 0.3) is 0 Å². The Bertz CT molecular complexity index is 267. The van der Waals surface area contributed by atoms with Crippen LogP contribution in [0.15, 0.2) is 0 Å². The number of ether oxygens (including phenoxy) is 1. The van der Waals surface area contributed by atoms with Gasteiger partial charge in [0.1, 0.15) is 6.04 Å². The van der Waals surface area contributed by atoms with Crippen molar-refractivity contribution in [3.05, 3.63) is 0 Å². The number of nitrogens with one attached hydrogen (secondary N) is 2. The topological polar surface area (TPSA) is 67.4 Å². The largest absolute Gasteiger partial charge is 0.381 e. The summed E-state index contributed by atoms with van der Waals surface area (Å²) in [7, 11) is 0. The molecule has 1 heterocycles. The predicted octanol–water partition coefficient (Wildman–Crippen LogP) is -0.0363. The van der Waals surface area contributed by atoms with E-state index in [9.17, 15) is 9.59 Å². The average Bonchev–Trinajstić information content (AvgIpc) is 2.78. The third kappa shape index (κ3) is 5.41. The zero-order valence-corrected chi connectivity index (χ0v) is 11.0. The second kappa shape index (κ2) is 7.55. The number of rotatable bonds is 6. The Morgan fingerprint density at radius 1 is 1.53 bits per heavy atom. The lowest BCUT2D eigenvalue weighted by Crippen LogP contribution is -2.47. The zero-order valence-electron chi connectivity index (χ0n) is 10.1. The van der Waals surface area contributed by atoms with E-state index in [-0.39, 0.29) is 11.8 Å².